The molecule has 9 heteroatoms. The van der Waals surface area contributed by atoms with Crippen molar-refractivity contribution in [2.45, 2.75) is 33.2 Å². The van der Waals surface area contributed by atoms with Gasteiger partial charge in [0.15, 0.2) is 0 Å². The van der Waals surface area contributed by atoms with Crippen LogP contribution in [0.2, 0.25) is 0 Å². The molecule has 0 spiro atoms. The quantitative estimate of drug-likeness (QED) is 0.558. The number of methoxy groups -OCH3 is 1. The zero-order valence-electron chi connectivity index (χ0n) is 17.5. The lowest BCUT2D eigenvalue weighted by molar-refractivity contribution is -0.121. The average molecular weight is 423 g/mol. The zero-order valence-corrected chi connectivity index (χ0v) is 17.5. The maximum absolute atomic E-state index is 13.2. The van der Waals surface area contributed by atoms with Crippen molar-refractivity contribution in [1.29, 1.82) is 5.26 Å². The highest BCUT2D eigenvalue weighted by molar-refractivity contribution is 6.23. The molecule has 0 bridgehead atoms. The molecule has 3 amide bonds. The van der Waals surface area contributed by atoms with Gasteiger partial charge in [0.2, 0.25) is 11.8 Å². The van der Waals surface area contributed by atoms with Gasteiger partial charge in [-0.25, -0.2) is 4.79 Å². The Morgan fingerprint density at radius 2 is 1.81 bits per heavy atom. The molecule has 0 aliphatic carbocycles. The number of ether oxygens (including phenoxy) is 1. The lowest BCUT2D eigenvalue weighted by Crippen LogP contribution is -2.50. The molecule has 2 unspecified atom stereocenters. The standard InChI is InChI=1S/C22H21N3O6/c1-5-11(2)17(25-20(27)13-8-6-7-9-14(13)21(25)28)18(26)24-19-15(10-23)16(12(3)31-19)22(29)30-4/h6-9,11,17H,5H2,1-4H3,(H,24,26). The minimum absolute atomic E-state index is 0.0962. The minimum Gasteiger partial charge on any atom is -0.465 e. The summed E-state index contributed by atoms with van der Waals surface area (Å²) in [5.74, 6) is -3.14. The second-order valence-electron chi connectivity index (χ2n) is 7.19. The van der Waals surface area contributed by atoms with Crippen molar-refractivity contribution in [3.63, 3.8) is 0 Å². The van der Waals surface area contributed by atoms with E-state index in [0.717, 1.165) is 12.0 Å². The first kappa shape index (κ1) is 21.8. The Labute approximate surface area is 178 Å². The van der Waals surface area contributed by atoms with Gasteiger partial charge in [0.25, 0.3) is 11.8 Å². The zero-order chi connectivity index (χ0) is 22.9. The number of benzene rings is 1. The van der Waals surface area contributed by atoms with Gasteiger partial charge in [0, 0.05) is 0 Å². The molecule has 0 saturated carbocycles. The van der Waals surface area contributed by atoms with Crippen LogP contribution in [0.4, 0.5) is 5.88 Å². The highest BCUT2D eigenvalue weighted by atomic mass is 16.5. The normalized spacial score (nSPS) is 14.6. The monoisotopic (exact) mass is 423 g/mol. The summed E-state index contributed by atoms with van der Waals surface area (Å²) < 4.78 is 10.1. The Hall–Kier alpha value is -3.93. The maximum atomic E-state index is 13.2. The van der Waals surface area contributed by atoms with Crippen molar-refractivity contribution >= 4 is 29.6 Å². The van der Waals surface area contributed by atoms with E-state index in [4.69, 9.17) is 4.42 Å². The van der Waals surface area contributed by atoms with Crippen molar-refractivity contribution in [3.8, 4) is 6.07 Å². The molecule has 0 radical (unpaired) electrons. The molecule has 1 aliphatic rings. The van der Waals surface area contributed by atoms with Crippen LogP contribution in [0.5, 0.6) is 0 Å². The van der Waals surface area contributed by atoms with Crippen LogP contribution in [0.15, 0.2) is 28.7 Å². The molecule has 31 heavy (non-hydrogen) atoms. The van der Waals surface area contributed by atoms with Gasteiger partial charge >= 0.3 is 5.97 Å². The number of aryl methyl sites for hydroxylation is 1. The number of hydrogen-bond donors (Lipinski definition) is 1. The van der Waals surface area contributed by atoms with Gasteiger partial charge in [-0.3, -0.25) is 24.6 Å². The van der Waals surface area contributed by atoms with Gasteiger partial charge in [-0.15, -0.1) is 0 Å². The van der Waals surface area contributed by atoms with Crippen LogP contribution >= 0.6 is 0 Å². The third-order valence-electron chi connectivity index (χ3n) is 5.38. The number of anilines is 1. The summed E-state index contributed by atoms with van der Waals surface area (Å²) in [5, 5.41) is 12.0. The number of imide groups is 1. The van der Waals surface area contributed by atoms with E-state index in [-0.39, 0.29) is 39.8 Å². The molecular weight excluding hydrogens is 402 g/mol. The third-order valence-corrected chi connectivity index (χ3v) is 5.38. The fourth-order valence-corrected chi connectivity index (χ4v) is 3.59. The Morgan fingerprint density at radius 1 is 1.23 bits per heavy atom. The predicted molar refractivity (Wildman–Crippen MR) is 108 cm³/mol. The second kappa shape index (κ2) is 8.44. The van der Waals surface area contributed by atoms with Crippen LogP contribution in [0.3, 0.4) is 0 Å². The largest absolute Gasteiger partial charge is 0.465 e. The number of carbonyl (C=O) groups is 4. The first-order valence-electron chi connectivity index (χ1n) is 9.66. The van der Waals surface area contributed by atoms with E-state index in [1.165, 1.54) is 19.1 Å². The van der Waals surface area contributed by atoms with Crippen molar-refractivity contribution in [1.82, 2.24) is 4.90 Å². The second-order valence-corrected chi connectivity index (χ2v) is 7.19. The summed E-state index contributed by atoms with van der Waals surface area (Å²) in [6.07, 6.45) is 0.501. The van der Waals surface area contributed by atoms with Gasteiger partial charge in [-0.05, 0) is 25.0 Å². The number of nitriles is 1. The third kappa shape index (κ3) is 3.57. The highest BCUT2D eigenvalue weighted by Gasteiger charge is 2.45. The lowest BCUT2D eigenvalue weighted by atomic mass is 9.96. The number of esters is 1. The fourth-order valence-electron chi connectivity index (χ4n) is 3.59. The molecular formula is C22H21N3O6. The van der Waals surface area contributed by atoms with Crippen molar-refractivity contribution in [2.24, 2.45) is 5.92 Å². The molecule has 0 fully saturated rings. The number of carbonyl (C=O) groups excluding carboxylic acids is 4. The van der Waals surface area contributed by atoms with Crippen LogP contribution in [0, 0.1) is 24.2 Å². The number of fused-ring (bicyclic) bond motifs is 1. The van der Waals surface area contributed by atoms with Gasteiger partial charge in [-0.1, -0.05) is 32.4 Å². The van der Waals surface area contributed by atoms with Crippen LogP contribution in [-0.2, 0) is 9.53 Å². The molecule has 1 aliphatic heterocycles. The average Bonchev–Trinajstić information content (AvgIpc) is 3.21. The van der Waals surface area contributed by atoms with E-state index >= 15 is 0 Å². The summed E-state index contributed by atoms with van der Waals surface area (Å²) >= 11 is 0. The number of nitrogens with zero attached hydrogens (tertiary/aromatic N) is 2. The molecule has 9 nitrogen and oxygen atoms in total. The first-order valence-corrected chi connectivity index (χ1v) is 9.66. The SMILES string of the molecule is CCC(C)C(C(=O)Nc1oc(C)c(C(=O)OC)c1C#N)N1C(=O)c2ccccc2C1=O. The fraction of sp³-hybridized carbons (Fsp3) is 0.318. The Balaban J connectivity index is 1.99. The number of furan rings is 1. The summed E-state index contributed by atoms with van der Waals surface area (Å²) in [6, 6.07) is 7.05. The van der Waals surface area contributed by atoms with Crippen LogP contribution in [-0.4, -0.2) is 41.7 Å². The van der Waals surface area contributed by atoms with E-state index < -0.39 is 29.7 Å². The van der Waals surface area contributed by atoms with E-state index in [2.05, 4.69) is 10.1 Å². The lowest BCUT2D eigenvalue weighted by Gasteiger charge is -2.29. The van der Waals surface area contributed by atoms with Gasteiger partial charge in [0.1, 0.15) is 29.0 Å². The summed E-state index contributed by atoms with van der Waals surface area (Å²) in [4.78, 5) is 52.0. The Kier molecular flexibility index (Phi) is 5.92. The predicted octanol–water partition coefficient (Wildman–Crippen LogP) is 2.90. The summed E-state index contributed by atoms with van der Waals surface area (Å²) in [5.41, 5.74) is 0.172. The maximum Gasteiger partial charge on any atom is 0.342 e. The Morgan fingerprint density at radius 3 is 2.29 bits per heavy atom. The van der Waals surface area contributed by atoms with Crippen molar-refractivity contribution < 1.29 is 28.3 Å². The van der Waals surface area contributed by atoms with E-state index in [1.807, 2.05) is 13.0 Å². The highest BCUT2D eigenvalue weighted by Crippen LogP contribution is 2.31. The molecule has 2 atom stereocenters. The molecule has 3 rings (SSSR count). The number of rotatable bonds is 6. The van der Waals surface area contributed by atoms with E-state index in [9.17, 15) is 24.4 Å². The molecule has 1 aromatic carbocycles. The van der Waals surface area contributed by atoms with Gasteiger partial charge in [0.05, 0.1) is 18.2 Å². The molecule has 1 N–H and O–H groups in total. The minimum atomic E-state index is -1.14. The number of nitrogens with one attached hydrogen (secondary N) is 1. The summed E-state index contributed by atoms with van der Waals surface area (Å²) in [6.45, 7) is 5.03. The topological polar surface area (TPSA) is 130 Å². The number of amides is 3. The molecule has 2 heterocycles. The van der Waals surface area contributed by atoms with Crippen LogP contribution < -0.4 is 5.32 Å². The first-order chi connectivity index (χ1) is 14.8. The number of hydrogen-bond acceptors (Lipinski definition) is 7. The van der Waals surface area contributed by atoms with E-state index in [1.54, 1.807) is 19.1 Å². The smallest absolute Gasteiger partial charge is 0.342 e. The van der Waals surface area contributed by atoms with Crippen LogP contribution in [0.1, 0.15) is 62.7 Å². The van der Waals surface area contributed by atoms with E-state index in [0.29, 0.717) is 6.42 Å². The van der Waals surface area contributed by atoms with Crippen LogP contribution in [0.25, 0.3) is 0 Å². The van der Waals surface area contributed by atoms with Gasteiger partial charge in [-0.2, -0.15) is 5.26 Å². The summed E-state index contributed by atoms with van der Waals surface area (Å²) in [7, 11) is 1.16. The molecule has 0 saturated heterocycles. The molecule has 1 aromatic heterocycles. The Bertz CT molecular complexity index is 1090. The molecule has 2 aromatic rings. The van der Waals surface area contributed by atoms with Crippen molar-refractivity contribution in [3.05, 3.63) is 52.3 Å². The van der Waals surface area contributed by atoms with Gasteiger partial charge < -0.3 is 9.15 Å². The molecule has 160 valence electrons. The van der Waals surface area contributed by atoms with Crippen molar-refractivity contribution in [2.75, 3.05) is 12.4 Å².